The third-order valence-electron chi connectivity index (χ3n) is 6.83. The van der Waals surface area contributed by atoms with E-state index in [1.165, 1.54) is 20.9 Å². The van der Waals surface area contributed by atoms with Gasteiger partial charge in [0.25, 0.3) is 11.5 Å². The molecule has 3 aromatic rings. The monoisotopic (exact) mass is 558 g/mol. The van der Waals surface area contributed by atoms with Crippen molar-refractivity contribution in [2.75, 3.05) is 18.7 Å². The predicted octanol–water partition coefficient (Wildman–Crippen LogP) is 3.58. The summed E-state index contributed by atoms with van der Waals surface area (Å²) in [4.78, 5) is 46.0. The summed E-state index contributed by atoms with van der Waals surface area (Å²) in [6.45, 7) is 5.71. The third kappa shape index (κ3) is 4.79. The van der Waals surface area contributed by atoms with Crippen LogP contribution in [0.5, 0.6) is 5.75 Å². The molecule has 2 aliphatic heterocycles. The maximum atomic E-state index is 14.0. The van der Waals surface area contributed by atoms with Crippen LogP contribution in [0.2, 0.25) is 0 Å². The van der Waals surface area contributed by atoms with Crippen LogP contribution in [-0.2, 0) is 14.3 Å². The molecule has 1 aromatic heterocycles. The van der Waals surface area contributed by atoms with Crippen LogP contribution in [0.25, 0.3) is 6.08 Å². The maximum Gasteiger partial charge on any atom is 0.338 e. The molecular formula is C30H30N4O5S. The summed E-state index contributed by atoms with van der Waals surface area (Å²) in [7, 11) is 1.55. The zero-order chi connectivity index (χ0) is 28.4. The number of amides is 1. The lowest BCUT2D eigenvalue weighted by atomic mass is 9.93. The Hall–Kier alpha value is -4.31. The van der Waals surface area contributed by atoms with Crippen LogP contribution in [0, 0.1) is 5.92 Å². The molecule has 206 valence electrons. The molecule has 0 N–H and O–H groups in total. The van der Waals surface area contributed by atoms with E-state index in [1.54, 1.807) is 33.1 Å². The summed E-state index contributed by atoms with van der Waals surface area (Å²) in [5.74, 6) is -0.929. The van der Waals surface area contributed by atoms with Crippen molar-refractivity contribution in [2.45, 2.75) is 39.7 Å². The number of allylic oxidation sites excluding steroid dienone is 1. The Morgan fingerprint density at radius 2 is 1.80 bits per heavy atom. The Morgan fingerprint density at radius 1 is 1.07 bits per heavy atom. The molecule has 10 heteroatoms. The first kappa shape index (κ1) is 27.3. The van der Waals surface area contributed by atoms with Gasteiger partial charge < -0.3 is 9.47 Å². The first-order chi connectivity index (χ1) is 19.4. The van der Waals surface area contributed by atoms with Crippen molar-refractivity contribution in [1.82, 2.24) is 4.57 Å². The molecule has 0 unspecified atom stereocenters. The number of hydrogen-bond donors (Lipinski definition) is 0. The number of carbonyl (C=O) groups excluding carboxylic acids is 2. The Morgan fingerprint density at radius 3 is 2.50 bits per heavy atom. The molecule has 1 amide bonds. The van der Waals surface area contributed by atoms with Crippen molar-refractivity contribution in [3.8, 4) is 5.75 Å². The predicted molar refractivity (Wildman–Crippen MR) is 154 cm³/mol. The molecule has 2 aromatic carbocycles. The van der Waals surface area contributed by atoms with Gasteiger partial charge in [-0.2, -0.15) is 10.1 Å². The van der Waals surface area contributed by atoms with Crippen molar-refractivity contribution in [2.24, 2.45) is 16.0 Å². The lowest BCUT2D eigenvalue weighted by Gasteiger charge is -2.26. The highest BCUT2D eigenvalue weighted by atomic mass is 32.1. The van der Waals surface area contributed by atoms with Crippen molar-refractivity contribution in [3.63, 3.8) is 0 Å². The lowest BCUT2D eigenvalue weighted by molar-refractivity contribution is -0.139. The molecule has 2 aliphatic rings. The van der Waals surface area contributed by atoms with Gasteiger partial charge in [-0.25, -0.2) is 9.79 Å². The lowest BCUT2D eigenvalue weighted by Crippen LogP contribution is -2.40. The van der Waals surface area contributed by atoms with E-state index in [0.717, 1.165) is 6.42 Å². The number of anilines is 1. The van der Waals surface area contributed by atoms with Gasteiger partial charge in [0.1, 0.15) is 17.7 Å². The van der Waals surface area contributed by atoms with Gasteiger partial charge in [-0.3, -0.25) is 14.2 Å². The highest BCUT2D eigenvalue weighted by molar-refractivity contribution is 7.07. The highest BCUT2D eigenvalue weighted by Gasteiger charge is 2.37. The Balaban J connectivity index is 1.69. The molecule has 0 saturated heterocycles. The number of carbonyl (C=O) groups is 2. The van der Waals surface area contributed by atoms with Crippen LogP contribution in [0.4, 0.5) is 5.69 Å². The van der Waals surface area contributed by atoms with Crippen LogP contribution in [0.15, 0.2) is 80.8 Å². The number of methoxy groups -OCH3 is 1. The smallest absolute Gasteiger partial charge is 0.338 e. The summed E-state index contributed by atoms with van der Waals surface area (Å²) >= 11 is 1.19. The number of nitrogens with zero attached hydrogens (tertiary/aromatic N) is 4. The number of aromatic nitrogens is 1. The molecule has 3 heterocycles. The fourth-order valence-corrected chi connectivity index (χ4v) is 6.03. The second-order valence-corrected chi connectivity index (χ2v) is 10.4. The number of hydrazone groups is 1. The van der Waals surface area contributed by atoms with Gasteiger partial charge in [0.05, 0.1) is 40.9 Å². The van der Waals surface area contributed by atoms with Gasteiger partial charge in [0.2, 0.25) is 0 Å². The van der Waals surface area contributed by atoms with E-state index in [1.807, 2.05) is 55.5 Å². The molecule has 0 spiro atoms. The third-order valence-corrected chi connectivity index (χ3v) is 7.83. The number of thiazole rings is 1. The van der Waals surface area contributed by atoms with E-state index in [2.05, 4.69) is 5.10 Å². The zero-order valence-corrected chi connectivity index (χ0v) is 23.6. The number of benzene rings is 2. The number of hydrogen-bond acceptors (Lipinski definition) is 8. The van der Waals surface area contributed by atoms with Crippen molar-refractivity contribution in [1.29, 1.82) is 0 Å². The SMILES string of the molecule is CCCC1=C(C(=O)OCC)[C@H](c2ccccc2OC)n2c(s/c(=C/[C@@H]3C(=O)N(c4ccccc4)N=C3C)c2=O)=N1. The van der Waals surface area contributed by atoms with Crippen molar-refractivity contribution >= 4 is 40.7 Å². The molecule has 0 saturated carbocycles. The van der Waals surface area contributed by atoms with E-state index >= 15 is 0 Å². The first-order valence-electron chi connectivity index (χ1n) is 13.2. The molecule has 0 bridgehead atoms. The number of rotatable bonds is 8. The fraction of sp³-hybridized carbons (Fsp3) is 0.300. The zero-order valence-electron chi connectivity index (χ0n) is 22.8. The van der Waals surface area contributed by atoms with E-state index in [9.17, 15) is 14.4 Å². The minimum Gasteiger partial charge on any atom is -0.496 e. The summed E-state index contributed by atoms with van der Waals surface area (Å²) in [6.07, 6.45) is 2.93. The van der Waals surface area contributed by atoms with Crippen LogP contribution < -0.4 is 24.6 Å². The minimum absolute atomic E-state index is 0.186. The second-order valence-electron chi connectivity index (χ2n) is 9.38. The van der Waals surface area contributed by atoms with Gasteiger partial charge in [-0.1, -0.05) is 61.1 Å². The number of para-hydroxylation sites is 2. The molecule has 0 aliphatic carbocycles. The second kappa shape index (κ2) is 11.4. The summed E-state index contributed by atoms with van der Waals surface area (Å²) in [6, 6.07) is 15.7. The number of fused-ring (bicyclic) bond motifs is 1. The largest absolute Gasteiger partial charge is 0.496 e. The van der Waals surface area contributed by atoms with E-state index in [0.29, 0.717) is 49.7 Å². The molecule has 40 heavy (non-hydrogen) atoms. The van der Waals surface area contributed by atoms with Crippen LogP contribution in [0.1, 0.15) is 45.2 Å². The molecule has 2 atom stereocenters. The van der Waals surface area contributed by atoms with Crippen LogP contribution in [-0.4, -0.2) is 35.9 Å². The number of ether oxygens (including phenoxy) is 2. The minimum atomic E-state index is -0.801. The molecule has 5 rings (SSSR count). The summed E-state index contributed by atoms with van der Waals surface area (Å²) in [5, 5.41) is 5.83. The van der Waals surface area contributed by atoms with Crippen LogP contribution >= 0.6 is 11.3 Å². The van der Waals surface area contributed by atoms with Crippen LogP contribution in [0.3, 0.4) is 0 Å². The Kier molecular flexibility index (Phi) is 7.79. The standard InChI is InChI=1S/C30H30N4O5S/c1-5-12-22-25(29(37)39-6-2)26(20-15-10-11-16-23(20)38-4)33-28(36)24(40-30(33)31-22)17-21-18(3)32-34(27(21)35)19-13-8-7-9-14-19/h7-11,13-17,21,26H,5-6,12H2,1-4H3/b24-17+/t21-,26-/m0/s1. The van der Waals surface area contributed by atoms with Gasteiger partial charge in [-0.05, 0) is 44.5 Å². The van der Waals surface area contributed by atoms with E-state index < -0.39 is 17.9 Å². The normalized spacial score (nSPS) is 18.9. The average Bonchev–Trinajstić information content (AvgIpc) is 3.43. The Bertz CT molecular complexity index is 1700. The van der Waals surface area contributed by atoms with E-state index in [-0.39, 0.29) is 18.1 Å². The average molecular weight is 559 g/mol. The number of esters is 1. The van der Waals surface area contributed by atoms with Gasteiger partial charge in [0, 0.05) is 5.56 Å². The highest BCUT2D eigenvalue weighted by Crippen LogP contribution is 2.37. The molecule has 0 radical (unpaired) electrons. The molecule has 9 nitrogen and oxygen atoms in total. The van der Waals surface area contributed by atoms with Crippen molar-refractivity contribution in [3.05, 3.63) is 91.1 Å². The summed E-state index contributed by atoms with van der Waals surface area (Å²) in [5.41, 5.74) is 2.43. The van der Waals surface area contributed by atoms with Gasteiger partial charge in [-0.15, -0.1) is 0 Å². The summed E-state index contributed by atoms with van der Waals surface area (Å²) < 4.78 is 13.0. The van der Waals surface area contributed by atoms with Crippen molar-refractivity contribution < 1.29 is 19.1 Å². The first-order valence-corrected chi connectivity index (χ1v) is 14.0. The molecular weight excluding hydrogens is 528 g/mol. The Labute approximate surface area is 235 Å². The fourth-order valence-electron chi connectivity index (χ4n) is 5.00. The quantitative estimate of drug-likeness (QED) is 0.394. The van der Waals surface area contributed by atoms with E-state index in [4.69, 9.17) is 14.5 Å². The van der Waals surface area contributed by atoms with Gasteiger partial charge in [0.15, 0.2) is 4.80 Å². The molecule has 0 fully saturated rings. The van der Waals surface area contributed by atoms with Gasteiger partial charge >= 0.3 is 5.97 Å². The maximum absolute atomic E-state index is 14.0. The topological polar surface area (TPSA) is 103 Å².